The van der Waals surface area contributed by atoms with Crippen LogP contribution in [0.15, 0.2) is 97.1 Å². The molecule has 0 spiro atoms. The molecule has 0 saturated carbocycles. The standard InChI is InChI=1S/C30H30O/c1-23-11-12-27(16-13-24-7-4-3-5-8-24)22-30(23)28-10-6-9-26(21-28)15-14-25-17-19-29(31-2)20-18-25/h3-12,17-22H,13-16H2,1-2H3. The molecule has 0 amide bonds. The van der Waals surface area contributed by atoms with Gasteiger partial charge < -0.3 is 4.74 Å². The lowest BCUT2D eigenvalue weighted by molar-refractivity contribution is 0.414. The molecule has 0 aliphatic carbocycles. The van der Waals surface area contributed by atoms with Crippen LogP contribution in [0.25, 0.3) is 11.1 Å². The topological polar surface area (TPSA) is 9.23 Å². The molecule has 4 aromatic carbocycles. The Kier molecular flexibility index (Phi) is 6.84. The molecule has 1 heteroatoms. The number of aryl methyl sites for hydroxylation is 5. The van der Waals surface area contributed by atoms with Gasteiger partial charge in [0.15, 0.2) is 0 Å². The molecule has 0 aliphatic rings. The number of ether oxygens (including phenoxy) is 1. The van der Waals surface area contributed by atoms with Crippen LogP contribution in [0.4, 0.5) is 0 Å². The maximum atomic E-state index is 5.26. The third-order valence-corrected chi connectivity index (χ3v) is 5.95. The number of methoxy groups -OCH3 is 1. The monoisotopic (exact) mass is 406 g/mol. The predicted molar refractivity (Wildman–Crippen MR) is 131 cm³/mol. The van der Waals surface area contributed by atoms with Gasteiger partial charge in [-0.05, 0) is 83.7 Å². The molecule has 4 rings (SSSR count). The van der Waals surface area contributed by atoms with Gasteiger partial charge in [0.25, 0.3) is 0 Å². The predicted octanol–water partition coefficient (Wildman–Crippen LogP) is 7.24. The van der Waals surface area contributed by atoms with Gasteiger partial charge in [-0.25, -0.2) is 0 Å². The Morgan fingerprint density at radius 3 is 1.84 bits per heavy atom. The highest BCUT2D eigenvalue weighted by atomic mass is 16.5. The van der Waals surface area contributed by atoms with Crippen LogP contribution in [0.3, 0.4) is 0 Å². The highest BCUT2D eigenvalue weighted by Gasteiger charge is 2.06. The van der Waals surface area contributed by atoms with Crippen LogP contribution in [0.2, 0.25) is 0 Å². The van der Waals surface area contributed by atoms with Crippen molar-refractivity contribution in [3.8, 4) is 16.9 Å². The van der Waals surface area contributed by atoms with E-state index in [-0.39, 0.29) is 0 Å². The molecule has 0 atom stereocenters. The molecule has 0 fully saturated rings. The van der Waals surface area contributed by atoms with E-state index in [4.69, 9.17) is 4.74 Å². The highest BCUT2D eigenvalue weighted by molar-refractivity contribution is 5.68. The summed E-state index contributed by atoms with van der Waals surface area (Å²) in [6.45, 7) is 2.21. The Balaban J connectivity index is 1.47. The Hall–Kier alpha value is -3.32. The quantitative estimate of drug-likeness (QED) is 0.300. The van der Waals surface area contributed by atoms with Gasteiger partial charge in [-0.2, -0.15) is 0 Å². The van der Waals surface area contributed by atoms with E-state index in [2.05, 4.69) is 91.9 Å². The zero-order valence-corrected chi connectivity index (χ0v) is 18.5. The van der Waals surface area contributed by atoms with Crippen LogP contribution < -0.4 is 4.74 Å². The normalized spacial score (nSPS) is 10.8. The van der Waals surface area contributed by atoms with Gasteiger partial charge in [0.1, 0.15) is 5.75 Å². The smallest absolute Gasteiger partial charge is 0.118 e. The molecule has 0 aromatic heterocycles. The van der Waals surface area contributed by atoms with E-state index in [0.29, 0.717) is 0 Å². The van der Waals surface area contributed by atoms with Crippen molar-refractivity contribution < 1.29 is 4.74 Å². The van der Waals surface area contributed by atoms with Crippen molar-refractivity contribution in [3.05, 3.63) is 125 Å². The second-order valence-corrected chi connectivity index (χ2v) is 8.18. The molecule has 0 aliphatic heterocycles. The maximum absolute atomic E-state index is 5.26. The maximum Gasteiger partial charge on any atom is 0.118 e. The Bertz CT molecular complexity index is 1110. The molecule has 4 aromatic rings. The van der Waals surface area contributed by atoms with Gasteiger partial charge in [-0.15, -0.1) is 0 Å². The summed E-state index contributed by atoms with van der Waals surface area (Å²) in [6, 6.07) is 35.1. The van der Waals surface area contributed by atoms with E-state index < -0.39 is 0 Å². The first kappa shape index (κ1) is 20.9. The Labute approximate surface area is 186 Å². The van der Waals surface area contributed by atoms with Crippen molar-refractivity contribution in [1.29, 1.82) is 0 Å². The summed E-state index contributed by atoms with van der Waals surface area (Å²) in [4.78, 5) is 0. The fraction of sp³-hybridized carbons (Fsp3) is 0.200. The van der Waals surface area contributed by atoms with Crippen LogP contribution in [0.5, 0.6) is 5.75 Å². The Morgan fingerprint density at radius 2 is 1.13 bits per heavy atom. The third-order valence-electron chi connectivity index (χ3n) is 5.95. The molecule has 0 saturated heterocycles. The number of rotatable bonds is 8. The minimum Gasteiger partial charge on any atom is -0.497 e. The molecule has 31 heavy (non-hydrogen) atoms. The third kappa shape index (κ3) is 5.64. The van der Waals surface area contributed by atoms with Gasteiger partial charge >= 0.3 is 0 Å². The molecule has 0 N–H and O–H groups in total. The molecule has 0 bridgehead atoms. The molecule has 1 nitrogen and oxygen atoms in total. The first-order valence-corrected chi connectivity index (χ1v) is 11.1. The second kappa shape index (κ2) is 10.1. The average molecular weight is 407 g/mol. The van der Waals surface area contributed by atoms with Gasteiger partial charge in [0.05, 0.1) is 7.11 Å². The van der Waals surface area contributed by atoms with E-state index in [0.717, 1.165) is 31.4 Å². The minimum absolute atomic E-state index is 0.911. The van der Waals surface area contributed by atoms with E-state index in [9.17, 15) is 0 Å². The van der Waals surface area contributed by atoms with Crippen LogP contribution in [0, 0.1) is 6.92 Å². The highest BCUT2D eigenvalue weighted by Crippen LogP contribution is 2.27. The summed E-state index contributed by atoms with van der Waals surface area (Å²) in [5.74, 6) is 0.911. The van der Waals surface area contributed by atoms with Gasteiger partial charge in [0.2, 0.25) is 0 Å². The number of hydrogen-bond acceptors (Lipinski definition) is 1. The van der Waals surface area contributed by atoms with Crippen molar-refractivity contribution in [2.45, 2.75) is 32.6 Å². The summed E-state index contributed by atoms with van der Waals surface area (Å²) < 4.78 is 5.26. The van der Waals surface area contributed by atoms with Crippen molar-refractivity contribution in [3.63, 3.8) is 0 Å². The molecule has 0 radical (unpaired) electrons. The van der Waals surface area contributed by atoms with Crippen molar-refractivity contribution in [1.82, 2.24) is 0 Å². The van der Waals surface area contributed by atoms with E-state index >= 15 is 0 Å². The summed E-state index contributed by atoms with van der Waals surface area (Å²) in [5, 5.41) is 0. The molecular formula is C30H30O. The fourth-order valence-electron chi connectivity index (χ4n) is 4.04. The van der Waals surface area contributed by atoms with Crippen LogP contribution >= 0.6 is 0 Å². The molecule has 156 valence electrons. The van der Waals surface area contributed by atoms with Crippen molar-refractivity contribution in [2.75, 3.05) is 7.11 Å². The lowest BCUT2D eigenvalue weighted by Gasteiger charge is -2.11. The van der Waals surface area contributed by atoms with Gasteiger partial charge in [0, 0.05) is 0 Å². The van der Waals surface area contributed by atoms with Crippen molar-refractivity contribution in [2.24, 2.45) is 0 Å². The van der Waals surface area contributed by atoms with Crippen LogP contribution in [-0.4, -0.2) is 7.11 Å². The fourth-order valence-corrected chi connectivity index (χ4v) is 4.04. The first-order chi connectivity index (χ1) is 15.2. The number of benzene rings is 4. The van der Waals surface area contributed by atoms with E-state index in [1.54, 1.807) is 7.11 Å². The van der Waals surface area contributed by atoms with Crippen LogP contribution in [0.1, 0.15) is 27.8 Å². The summed E-state index contributed by atoms with van der Waals surface area (Å²) >= 11 is 0. The molecule has 0 unspecified atom stereocenters. The summed E-state index contributed by atoms with van der Waals surface area (Å²) in [6.07, 6.45) is 4.20. The van der Waals surface area contributed by atoms with E-state index in [1.807, 2.05) is 12.1 Å². The van der Waals surface area contributed by atoms with Gasteiger partial charge in [-0.3, -0.25) is 0 Å². The van der Waals surface area contributed by atoms with Gasteiger partial charge in [-0.1, -0.05) is 84.9 Å². The summed E-state index contributed by atoms with van der Waals surface area (Å²) in [5.41, 5.74) is 9.49. The van der Waals surface area contributed by atoms with Crippen molar-refractivity contribution >= 4 is 0 Å². The second-order valence-electron chi connectivity index (χ2n) is 8.18. The first-order valence-electron chi connectivity index (χ1n) is 11.1. The average Bonchev–Trinajstić information content (AvgIpc) is 2.83. The zero-order valence-electron chi connectivity index (χ0n) is 18.5. The van der Waals surface area contributed by atoms with Crippen LogP contribution in [-0.2, 0) is 25.7 Å². The van der Waals surface area contributed by atoms with E-state index in [1.165, 1.54) is 38.9 Å². The summed E-state index contributed by atoms with van der Waals surface area (Å²) in [7, 11) is 1.71. The zero-order chi connectivity index (χ0) is 21.5. The SMILES string of the molecule is COc1ccc(CCc2cccc(-c3cc(CCc4ccccc4)ccc3C)c2)cc1. The number of hydrogen-bond donors (Lipinski definition) is 0. The largest absolute Gasteiger partial charge is 0.497 e. The Morgan fingerprint density at radius 1 is 0.548 bits per heavy atom. The lowest BCUT2D eigenvalue weighted by atomic mass is 9.93. The minimum atomic E-state index is 0.911. The molecule has 0 heterocycles. The lowest BCUT2D eigenvalue weighted by Crippen LogP contribution is -1.95. The molecular weight excluding hydrogens is 376 g/mol.